The highest BCUT2D eigenvalue weighted by molar-refractivity contribution is 7.80. The van der Waals surface area contributed by atoms with E-state index in [0.29, 0.717) is 10.7 Å². The highest BCUT2D eigenvalue weighted by atomic mass is 32.1. The molecule has 0 fully saturated rings. The predicted molar refractivity (Wildman–Crippen MR) is 95.4 cm³/mol. The zero-order valence-electron chi connectivity index (χ0n) is 13.1. The van der Waals surface area contributed by atoms with Crippen molar-refractivity contribution in [1.29, 1.82) is 0 Å². The SMILES string of the molecule is CCc1ccc(C(=O)NC(=S)Nc2ccc(C)cc2C)cc1. The van der Waals surface area contributed by atoms with Gasteiger partial charge in [-0.25, -0.2) is 0 Å². The van der Waals surface area contributed by atoms with E-state index in [1.165, 1.54) is 11.1 Å². The van der Waals surface area contributed by atoms with E-state index in [1.54, 1.807) is 0 Å². The lowest BCUT2D eigenvalue weighted by Gasteiger charge is -2.12. The van der Waals surface area contributed by atoms with Gasteiger partial charge in [-0.05, 0) is 61.8 Å². The van der Waals surface area contributed by atoms with Gasteiger partial charge in [0.15, 0.2) is 5.11 Å². The van der Waals surface area contributed by atoms with Gasteiger partial charge in [-0.15, -0.1) is 0 Å². The number of amides is 1. The van der Waals surface area contributed by atoms with Crippen LogP contribution in [-0.2, 0) is 6.42 Å². The summed E-state index contributed by atoms with van der Waals surface area (Å²) in [6.45, 7) is 6.12. The highest BCUT2D eigenvalue weighted by Gasteiger charge is 2.08. The molecule has 0 unspecified atom stereocenters. The first kappa shape index (κ1) is 16.2. The fourth-order valence-electron chi connectivity index (χ4n) is 2.17. The maximum atomic E-state index is 12.1. The van der Waals surface area contributed by atoms with Gasteiger partial charge in [0.25, 0.3) is 5.91 Å². The van der Waals surface area contributed by atoms with Crippen LogP contribution in [0.25, 0.3) is 0 Å². The van der Waals surface area contributed by atoms with Gasteiger partial charge in [-0.1, -0.05) is 36.8 Å². The van der Waals surface area contributed by atoms with Crippen LogP contribution in [0.4, 0.5) is 5.69 Å². The Morgan fingerprint density at radius 3 is 2.36 bits per heavy atom. The van der Waals surface area contributed by atoms with Crippen molar-refractivity contribution in [1.82, 2.24) is 5.32 Å². The summed E-state index contributed by atoms with van der Waals surface area (Å²) in [7, 11) is 0. The topological polar surface area (TPSA) is 41.1 Å². The van der Waals surface area contributed by atoms with Crippen LogP contribution < -0.4 is 10.6 Å². The molecule has 114 valence electrons. The molecule has 2 rings (SSSR count). The largest absolute Gasteiger partial charge is 0.332 e. The Kier molecular flexibility index (Phi) is 5.28. The number of hydrogen-bond donors (Lipinski definition) is 2. The van der Waals surface area contributed by atoms with Crippen LogP contribution in [0.5, 0.6) is 0 Å². The van der Waals surface area contributed by atoms with Crippen molar-refractivity contribution >= 4 is 28.9 Å². The molecule has 0 bridgehead atoms. The molecule has 0 atom stereocenters. The molecule has 0 aliphatic heterocycles. The summed E-state index contributed by atoms with van der Waals surface area (Å²) in [6.07, 6.45) is 0.953. The van der Waals surface area contributed by atoms with E-state index in [-0.39, 0.29) is 5.91 Å². The van der Waals surface area contributed by atoms with Gasteiger partial charge in [0.05, 0.1) is 0 Å². The lowest BCUT2D eigenvalue weighted by Crippen LogP contribution is -2.34. The molecule has 0 aromatic heterocycles. The number of anilines is 1. The fourth-order valence-corrected chi connectivity index (χ4v) is 2.38. The molecule has 2 N–H and O–H groups in total. The Labute approximate surface area is 136 Å². The Balaban J connectivity index is 2.00. The molecule has 0 saturated heterocycles. The van der Waals surface area contributed by atoms with E-state index in [9.17, 15) is 4.79 Å². The number of carbonyl (C=O) groups is 1. The number of thiocarbonyl (C=S) groups is 1. The summed E-state index contributed by atoms with van der Waals surface area (Å²) < 4.78 is 0. The second kappa shape index (κ2) is 7.18. The zero-order valence-corrected chi connectivity index (χ0v) is 13.9. The van der Waals surface area contributed by atoms with Crippen LogP contribution in [0.15, 0.2) is 42.5 Å². The molecular weight excluding hydrogens is 292 g/mol. The van der Waals surface area contributed by atoms with Gasteiger partial charge in [0.1, 0.15) is 0 Å². The van der Waals surface area contributed by atoms with Crippen molar-refractivity contribution in [2.75, 3.05) is 5.32 Å². The van der Waals surface area contributed by atoms with E-state index in [1.807, 2.05) is 50.2 Å². The third-order valence-electron chi connectivity index (χ3n) is 3.48. The minimum atomic E-state index is -0.204. The molecule has 0 aliphatic carbocycles. The second-order valence-corrected chi connectivity index (χ2v) is 5.69. The van der Waals surface area contributed by atoms with Crippen molar-refractivity contribution in [3.05, 3.63) is 64.7 Å². The Hall–Kier alpha value is -2.20. The molecule has 0 spiro atoms. The number of hydrogen-bond acceptors (Lipinski definition) is 2. The number of benzene rings is 2. The average molecular weight is 312 g/mol. The molecule has 2 aromatic rings. The number of nitrogens with one attached hydrogen (secondary N) is 2. The van der Waals surface area contributed by atoms with E-state index in [4.69, 9.17) is 12.2 Å². The van der Waals surface area contributed by atoms with E-state index >= 15 is 0 Å². The second-order valence-electron chi connectivity index (χ2n) is 5.28. The maximum Gasteiger partial charge on any atom is 0.257 e. The molecule has 0 heterocycles. The number of aryl methyl sites for hydroxylation is 3. The van der Waals surface area contributed by atoms with Gasteiger partial charge < -0.3 is 5.32 Å². The third kappa shape index (κ3) is 4.15. The van der Waals surface area contributed by atoms with Gasteiger partial charge in [0.2, 0.25) is 0 Å². The minimum absolute atomic E-state index is 0.204. The Morgan fingerprint density at radius 1 is 1.09 bits per heavy atom. The van der Waals surface area contributed by atoms with Crippen LogP contribution in [-0.4, -0.2) is 11.0 Å². The van der Waals surface area contributed by atoms with E-state index < -0.39 is 0 Å². The van der Waals surface area contributed by atoms with Crippen molar-refractivity contribution in [3.8, 4) is 0 Å². The lowest BCUT2D eigenvalue weighted by atomic mass is 10.1. The zero-order chi connectivity index (χ0) is 16.1. The molecule has 0 saturated carbocycles. The Morgan fingerprint density at radius 2 is 1.77 bits per heavy atom. The summed E-state index contributed by atoms with van der Waals surface area (Å²) >= 11 is 5.21. The summed E-state index contributed by atoms with van der Waals surface area (Å²) in [6, 6.07) is 13.6. The molecule has 2 aromatic carbocycles. The molecular formula is C18H20N2OS. The summed E-state index contributed by atoms with van der Waals surface area (Å²) in [4.78, 5) is 12.1. The van der Waals surface area contributed by atoms with Gasteiger partial charge in [0, 0.05) is 11.3 Å². The van der Waals surface area contributed by atoms with Gasteiger partial charge >= 0.3 is 0 Å². The summed E-state index contributed by atoms with van der Waals surface area (Å²) in [5.41, 5.74) is 4.98. The van der Waals surface area contributed by atoms with Gasteiger partial charge in [-0.2, -0.15) is 0 Å². The molecule has 0 radical (unpaired) electrons. The van der Waals surface area contributed by atoms with Crippen LogP contribution in [0.2, 0.25) is 0 Å². The van der Waals surface area contributed by atoms with Crippen molar-refractivity contribution < 1.29 is 4.79 Å². The van der Waals surface area contributed by atoms with Crippen LogP contribution in [0.1, 0.15) is 34.0 Å². The monoisotopic (exact) mass is 312 g/mol. The lowest BCUT2D eigenvalue weighted by molar-refractivity contribution is 0.0977. The first-order valence-electron chi connectivity index (χ1n) is 7.28. The summed E-state index contributed by atoms with van der Waals surface area (Å²) in [5.74, 6) is -0.204. The van der Waals surface area contributed by atoms with Crippen molar-refractivity contribution in [2.24, 2.45) is 0 Å². The van der Waals surface area contributed by atoms with E-state index in [2.05, 4.69) is 23.6 Å². The minimum Gasteiger partial charge on any atom is -0.332 e. The van der Waals surface area contributed by atoms with Crippen LogP contribution in [0, 0.1) is 13.8 Å². The Bertz CT molecular complexity index is 693. The quantitative estimate of drug-likeness (QED) is 0.842. The average Bonchev–Trinajstić information content (AvgIpc) is 2.50. The van der Waals surface area contributed by atoms with Gasteiger partial charge in [-0.3, -0.25) is 10.1 Å². The fraction of sp³-hybridized carbons (Fsp3) is 0.222. The maximum absolute atomic E-state index is 12.1. The molecule has 4 heteroatoms. The number of carbonyl (C=O) groups excluding carboxylic acids is 1. The molecule has 3 nitrogen and oxygen atoms in total. The van der Waals surface area contributed by atoms with Crippen LogP contribution in [0.3, 0.4) is 0 Å². The number of rotatable bonds is 3. The molecule has 22 heavy (non-hydrogen) atoms. The third-order valence-corrected chi connectivity index (χ3v) is 3.69. The van der Waals surface area contributed by atoms with E-state index in [0.717, 1.165) is 17.7 Å². The first-order valence-corrected chi connectivity index (χ1v) is 7.69. The molecule has 1 amide bonds. The standard InChI is InChI=1S/C18H20N2OS/c1-4-14-6-8-15(9-7-14)17(21)20-18(22)19-16-10-5-12(2)11-13(16)3/h5-11H,4H2,1-3H3,(H2,19,20,21,22). The van der Waals surface area contributed by atoms with Crippen molar-refractivity contribution in [3.63, 3.8) is 0 Å². The molecule has 0 aliphatic rings. The predicted octanol–water partition coefficient (Wildman–Crippen LogP) is 3.99. The smallest absolute Gasteiger partial charge is 0.257 e. The summed E-state index contributed by atoms with van der Waals surface area (Å²) in [5, 5.41) is 6.07. The first-order chi connectivity index (χ1) is 10.5. The van der Waals surface area contributed by atoms with Crippen molar-refractivity contribution in [2.45, 2.75) is 27.2 Å². The van der Waals surface area contributed by atoms with Crippen LogP contribution >= 0.6 is 12.2 Å². The normalized spacial score (nSPS) is 10.1. The highest BCUT2D eigenvalue weighted by Crippen LogP contribution is 2.15.